The van der Waals surface area contributed by atoms with Crippen molar-refractivity contribution in [1.29, 1.82) is 0 Å². The zero-order valence-electron chi connectivity index (χ0n) is 10.9. The van der Waals surface area contributed by atoms with Gasteiger partial charge in [-0.05, 0) is 23.1 Å². The Morgan fingerprint density at radius 3 is 2.06 bits per heavy atom. The molecule has 0 unspecified atom stereocenters. The van der Waals surface area contributed by atoms with Crippen LogP contribution in [0, 0.1) is 5.41 Å². The average molecular weight is 255 g/mol. The molecule has 0 heterocycles. The lowest BCUT2D eigenvalue weighted by Gasteiger charge is -2.18. The Morgan fingerprint density at radius 1 is 1.12 bits per heavy atom. The van der Waals surface area contributed by atoms with Crippen molar-refractivity contribution in [3.05, 3.63) is 29.8 Å². The fraction of sp³-hybridized carbons (Fsp3) is 0.538. The first-order valence-corrected chi connectivity index (χ1v) is 7.57. The predicted octanol–water partition coefficient (Wildman–Crippen LogP) is 2.23. The number of sulfone groups is 1. The van der Waals surface area contributed by atoms with Gasteiger partial charge in [-0.2, -0.15) is 0 Å². The van der Waals surface area contributed by atoms with E-state index < -0.39 is 9.84 Å². The predicted molar refractivity (Wildman–Crippen MR) is 70.7 cm³/mol. The smallest absolute Gasteiger partial charge is 0.175 e. The van der Waals surface area contributed by atoms with Crippen LogP contribution in [0.2, 0.25) is 0 Å². The van der Waals surface area contributed by atoms with Crippen LogP contribution in [0.25, 0.3) is 0 Å². The van der Waals surface area contributed by atoms with Crippen LogP contribution in [0.3, 0.4) is 0 Å². The van der Waals surface area contributed by atoms with Crippen LogP contribution in [0.4, 0.5) is 0 Å². The summed E-state index contributed by atoms with van der Waals surface area (Å²) in [6.07, 6.45) is 1.22. The van der Waals surface area contributed by atoms with Gasteiger partial charge in [0.05, 0.1) is 4.90 Å². The van der Waals surface area contributed by atoms with Crippen LogP contribution in [0.5, 0.6) is 0 Å². The van der Waals surface area contributed by atoms with Gasteiger partial charge in [0.25, 0.3) is 0 Å². The lowest BCUT2D eigenvalue weighted by molar-refractivity contribution is 0.379. The fourth-order valence-corrected chi connectivity index (χ4v) is 2.07. The van der Waals surface area contributed by atoms with E-state index in [0.29, 0.717) is 4.90 Å². The number of benzene rings is 1. The summed E-state index contributed by atoms with van der Waals surface area (Å²) in [4.78, 5) is 0.372. The molecule has 1 N–H and O–H groups in total. The fourth-order valence-electron chi connectivity index (χ4n) is 1.44. The minimum atomic E-state index is -3.08. The molecular weight excluding hydrogens is 234 g/mol. The van der Waals surface area contributed by atoms with Crippen LogP contribution < -0.4 is 5.32 Å². The summed E-state index contributed by atoms with van der Waals surface area (Å²) in [6, 6.07) is 7.02. The molecule has 1 aromatic carbocycles. The molecule has 0 radical (unpaired) electrons. The molecule has 96 valence electrons. The minimum Gasteiger partial charge on any atom is -0.312 e. The maximum atomic E-state index is 11.3. The third kappa shape index (κ3) is 5.33. The molecule has 0 saturated carbocycles. The highest BCUT2D eigenvalue weighted by molar-refractivity contribution is 7.90. The summed E-state index contributed by atoms with van der Waals surface area (Å²) in [7, 11) is -3.08. The minimum absolute atomic E-state index is 0.257. The largest absolute Gasteiger partial charge is 0.312 e. The van der Waals surface area contributed by atoms with E-state index in [2.05, 4.69) is 26.1 Å². The van der Waals surface area contributed by atoms with Crippen LogP contribution in [-0.2, 0) is 16.4 Å². The van der Waals surface area contributed by atoms with Crippen molar-refractivity contribution in [2.45, 2.75) is 32.2 Å². The van der Waals surface area contributed by atoms with Gasteiger partial charge in [0.15, 0.2) is 9.84 Å². The summed E-state index contributed by atoms with van der Waals surface area (Å²) in [6.45, 7) is 8.22. The van der Waals surface area contributed by atoms with Crippen molar-refractivity contribution in [3.63, 3.8) is 0 Å². The molecule has 1 rings (SSSR count). The Morgan fingerprint density at radius 2 is 1.65 bits per heavy atom. The van der Waals surface area contributed by atoms with Crippen molar-refractivity contribution < 1.29 is 8.42 Å². The summed E-state index contributed by atoms with van der Waals surface area (Å²) in [5.74, 6) is 0. The first-order valence-electron chi connectivity index (χ1n) is 5.68. The van der Waals surface area contributed by atoms with Gasteiger partial charge < -0.3 is 5.32 Å². The molecule has 17 heavy (non-hydrogen) atoms. The third-order valence-corrected chi connectivity index (χ3v) is 3.46. The summed E-state index contributed by atoms with van der Waals surface area (Å²) in [5, 5.41) is 3.35. The van der Waals surface area contributed by atoms with E-state index in [-0.39, 0.29) is 5.41 Å². The number of hydrogen-bond donors (Lipinski definition) is 1. The van der Waals surface area contributed by atoms with Gasteiger partial charge in [-0.15, -0.1) is 0 Å². The van der Waals surface area contributed by atoms with Gasteiger partial charge >= 0.3 is 0 Å². The van der Waals surface area contributed by atoms with Crippen LogP contribution >= 0.6 is 0 Å². The maximum Gasteiger partial charge on any atom is 0.175 e. The Kier molecular flexibility index (Phi) is 4.33. The Bertz CT molecular complexity index is 455. The molecule has 0 aliphatic carbocycles. The quantitative estimate of drug-likeness (QED) is 0.897. The van der Waals surface area contributed by atoms with E-state index in [9.17, 15) is 8.42 Å². The molecule has 0 fully saturated rings. The Hall–Kier alpha value is -0.870. The molecule has 1 aromatic rings. The molecule has 0 aliphatic heterocycles. The molecular formula is C13H21NO2S. The molecule has 0 atom stereocenters. The number of hydrogen-bond acceptors (Lipinski definition) is 3. The second kappa shape index (κ2) is 5.19. The standard InChI is InChI=1S/C13H21NO2S/c1-13(2,3)10-14-9-11-5-7-12(8-6-11)17(4,15)16/h5-8,14H,9-10H2,1-4H3. The van der Waals surface area contributed by atoms with Gasteiger partial charge in [0.2, 0.25) is 0 Å². The molecule has 0 spiro atoms. The zero-order chi connectivity index (χ0) is 13.1. The van der Waals surface area contributed by atoms with Gasteiger partial charge in [-0.25, -0.2) is 8.42 Å². The zero-order valence-corrected chi connectivity index (χ0v) is 11.8. The topological polar surface area (TPSA) is 46.2 Å². The van der Waals surface area contributed by atoms with E-state index in [1.807, 2.05) is 12.1 Å². The second-order valence-electron chi connectivity index (χ2n) is 5.58. The molecule has 0 aromatic heterocycles. The van der Waals surface area contributed by atoms with E-state index in [0.717, 1.165) is 18.7 Å². The normalized spacial score (nSPS) is 12.7. The van der Waals surface area contributed by atoms with E-state index in [4.69, 9.17) is 0 Å². The third-order valence-electron chi connectivity index (χ3n) is 2.34. The van der Waals surface area contributed by atoms with Crippen LogP contribution in [-0.4, -0.2) is 21.2 Å². The highest BCUT2D eigenvalue weighted by Crippen LogP contribution is 2.12. The first-order chi connectivity index (χ1) is 7.68. The Balaban J connectivity index is 2.58. The number of rotatable bonds is 4. The van der Waals surface area contributed by atoms with Crippen molar-refractivity contribution in [2.24, 2.45) is 5.41 Å². The van der Waals surface area contributed by atoms with Crippen molar-refractivity contribution in [3.8, 4) is 0 Å². The van der Waals surface area contributed by atoms with Crippen LogP contribution in [0.1, 0.15) is 26.3 Å². The molecule has 0 aliphatic rings. The molecule has 3 nitrogen and oxygen atoms in total. The van der Waals surface area contributed by atoms with Gasteiger partial charge in [0.1, 0.15) is 0 Å². The van der Waals surface area contributed by atoms with Gasteiger partial charge in [0, 0.05) is 19.3 Å². The molecule has 4 heteroatoms. The van der Waals surface area contributed by atoms with Gasteiger partial charge in [-0.1, -0.05) is 32.9 Å². The van der Waals surface area contributed by atoms with Crippen molar-refractivity contribution in [2.75, 3.05) is 12.8 Å². The number of nitrogens with one attached hydrogen (secondary N) is 1. The summed E-state index contributed by atoms with van der Waals surface area (Å²) < 4.78 is 22.5. The lowest BCUT2D eigenvalue weighted by atomic mass is 9.97. The Labute approximate surface area is 104 Å². The SMILES string of the molecule is CC(C)(C)CNCc1ccc(S(C)(=O)=O)cc1. The van der Waals surface area contributed by atoms with Gasteiger partial charge in [-0.3, -0.25) is 0 Å². The maximum absolute atomic E-state index is 11.3. The van der Waals surface area contributed by atoms with E-state index in [1.54, 1.807) is 12.1 Å². The summed E-state index contributed by atoms with van der Waals surface area (Å²) in [5.41, 5.74) is 1.36. The molecule has 0 saturated heterocycles. The highest BCUT2D eigenvalue weighted by Gasteiger charge is 2.09. The van der Waals surface area contributed by atoms with E-state index in [1.165, 1.54) is 6.26 Å². The summed E-state index contributed by atoms with van der Waals surface area (Å²) >= 11 is 0. The average Bonchev–Trinajstić information content (AvgIpc) is 2.15. The monoisotopic (exact) mass is 255 g/mol. The molecule has 0 amide bonds. The van der Waals surface area contributed by atoms with Crippen LogP contribution in [0.15, 0.2) is 29.2 Å². The highest BCUT2D eigenvalue weighted by atomic mass is 32.2. The van der Waals surface area contributed by atoms with E-state index >= 15 is 0 Å². The molecule has 0 bridgehead atoms. The van der Waals surface area contributed by atoms with Crippen molar-refractivity contribution >= 4 is 9.84 Å². The van der Waals surface area contributed by atoms with Crippen molar-refractivity contribution in [1.82, 2.24) is 5.32 Å². The first kappa shape index (κ1) is 14.2. The lowest BCUT2D eigenvalue weighted by Crippen LogP contribution is -2.26. The second-order valence-corrected chi connectivity index (χ2v) is 7.60.